The van der Waals surface area contributed by atoms with E-state index in [4.69, 9.17) is 4.74 Å². The SMILES string of the molecule is COC(=O)c1ccc([N+](=O)[O-])cc1N(CC(C)C)C(=O)c1ccccc1. The lowest BCUT2D eigenvalue weighted by molar-refractivity contribution is -0.384. The Bertz CT molecular complexity index is 818. The fourth-order valence-corrected chi connectivity index (χ4v) is 2.53. The van der Waals surface area contributed by atoms with E-state index in [1.165, 1.54) is 30.2 Å². The lowest BCUT2D eigenvalue weighted by Crippen LogP contribution is -2.35. The summed E-state index contributed by atoms with van der Waals surface area (Å²) >= 11 is 0. The van der Waals surface area contributed by atoms with Gasteiger partial charge in [0.15, 0.2) is 0 Å². The van der Waals surface area contributed by atoms with Crippen LogP contribution in [0.2, 0.25) is 0 Å². The minimum atomic E-state index is -0.662. The molecule has 0 saturated heterocycles. The number of carbonyl (C=O) groups excluding carboxylic acids is 2. The van der Waals surface area contributed by atoms with Crippen molar-refractivity contribution in [3.63, 3.8) is 0 Å². The zero-order valence-corrected chi connectivity index (χ0v) is 14.8. The molecule has 0 saturated carbocycles. The molecule has 2 aromatic rings. The molecule has 2 rings (SSSR count). The standard InChI is InChI=1S/C19H20N2O5/c1-13(2)12-20(18(22)14-7-5-4-6-8-14)17-11-15(21(24)25)9-10-16(17)19(23)26-3/h4-11,13H,12H2,1-3H3. The van der Waals surface area contributed by atoms with E-state index in [0.29, 0.717) is 12.1 Å². The van der Waals surface area contributed by atoms with Gasteiger partial charge in [0.2, 0.25) is 0 Å². The summed E-state index contributed by atoms with van der Waals surface area (Å²) in [5.74, 6) is -0.929. The summed E-state index contributed by atoms with van der Waals surface area (Å²) in [7, 11) is 1.22. The second-order valence-corrected chi connectivity index (χ2v) is 6.13. The van der Waals surface area contributed by atoms with Crippen LogP contribution in [0, 0.1) is 16.0 Å². The minimum absolute atomic E-state index is 0.0763. The molecule has 0 atom stereocenters. The third-order valence-corrected chi connectivity index (χ3v) is 3.70. The number of amides is 1. The minimum Gasteiger partial charge on any atom is -0.465 e. The lowest BCUT2D eigenvalue weighted by atomic mass is 10.1. The second kappa shape index (κ2) is 8.24. The molecule has 1 amide bonds. The van der Waals surface area contributed by atoms with Gasteiger partial charge in [-0.05, 0) is 24.1 Å². The number of nitro groups is 1. The predicted octanol–water partition coefficient (Wildman–Crippen LogP) is 3.68. The molecule has 0 aliphatic carbocycles. The normalized spacial score (nSPS) is 10.5. The van der Waals surface area contributed by atoms with Crippen molar-refractivity contribution in [1.82, 2.24) is 0 Å². The quantitative estimate of drug-likeness (QED) is 0.447. The third-order valence-electron chi connectivity index (χ3n) is 3.70. The third kappa shape index (κ3) is 4.24. The molecule has 0 aliphatic rings. The summed E-state index contributed by atoms with van der Waals surface area (Å²) in [5, 5.41) is 11.2. The van der Waals surface area contributed by atoms with Crippen molar-refractivity contribution in [3.05, 3.63) is 69.8 Å². The molecule has 0 spiro atoms. The number of methoxy groups -OCH3 is 1. The van der Waals surface area contributed by atoms with Crippen molar-refractivity contribution in [2.75, 3.05) is 18.6 Å². The highest BCUT2D eigenvalue weighted by molar-refractivity contribution is 6.09. The van der Waals surface area contributed by atoms with Crippen LogP contribution in [0.15, 0.2) is 48.5 Å². The molecule has 0 aliphatic heterocycles. The first-order valence-electron chi connectivity index (χ1n) is 8.08. The van der Waals surface area contributed by atoms with Crippen molar-refractivity contribution >= 4 is 23.3 Å². The second-order valence-electron chi connectivity index (χ2n) is 6.13. The first-order chi connectivity index (χ1) is 12.3. The van der Waals surface area contributed by atoms with Gasteiger partial charge >= 0.3 is 5.97 Å². The number of benzene rings is 2. The Morgan fingerprint density at radius 1 is 1.15 bits per heavy atom. The number of non-ortho nitro benzene ring substituents is 1. The van der Waals surface area contributed by atoms with E-state index >= 15 is 0 Å². The zero-order valence-electron chi connectivity index (χ0n) is 14.8. The average molecular weight is 356 g/mol. The monoisotopic (exact) mass is 356 g/mol. The smallest absolute Gasteiger partial charge is 0.339 e. The molecule has 7 heteroatoms. The van der Waals surface area contributed by atoms with Crippen molar-refractivity contribution in [1.29, 1.82) is 0 Å². The fraction of sp³-hybridized carbons (Fsp3) is 0.263. The van der Waals surface area contributed by atoms with Crippen LogP contribution >= 0.6 is 0 Å². The Hall–Kier alpha value is -3.22. The molecule has 7 nitrogen and oxygen atoms in total. The highest BCUT2D eigenvalue weighted by Gasteiger charge is 2.26. The van der Waals surface area contributed by atoms with E-state index in [1.807, 2.05) is 13.8 Å². The molecule has 0 radical (unpaired) electrons. The summed E-state index contributed by atoms with van der Waals surface area (Å²) in [6.07, 6.45) is 0. The van der Waals surface area contributed by atoms with E-state index in [-0.39, 0.29) is 28.8 Å². The van der Waals surface area contributed by atoms with Gasteiger partial charge in [-0.3, -0.25) is 14.9 Å². The topological polar surface area (TPSA) is 89.8 Å². The molecular formula is C19H20N2O5. The number of anilines is 1. The number of rotatable bonds is 6. The van der Waals surface area contributed by atoms with Crippen molar-refractivity contribution in [2.45, 2.75) is 13.8 Å². The van der Waals surface area contributed by atoms with Crippen LogP contribution in [0.25, 0.3) is 0 Å². The summed E-state index contributed by atoms with van der Waals surface area (Å²) in [5.41, 5.74) is 0.481. The van der Waals surface area contributed by atoms with Crippen LogP contribution in [0.4, 0.5) is 11.4 Å². The Labute approximate surface area is 151 Å². The highest BCUT2D eigenvalue weighted by Crippen LogP contribution is 2.29. The van der Waals surface area contributed by atoms with Gasteiger partial charge in [0.1, 0.15) is 0 Å². The first kappa shape index (κ1) is 19.1. The lowest BCUT2D eigenvalue weighted by Gasteiger charge is -2.26. The zero-order chi connectivity index (χ0) is 19.3. The van der Waals surface area contributed by atoms with Gasteiger partial charge in [-0.2, -0.15) is 0 Å². The Balaban J connectivity index is 2.62. The maximum absolute atomic E-state index is 13.0. The number of nitrogens with zero attached hydrogens (tertiary/aromatic N) is 2. The molecule has 0 N–H and O–H groups in total. The maximum atomic E-state index is 13.0. The van der Waals surface area contributed by atoms with Crippen molar-refractivity contribution < 1.29 is 19.2 Å². The average Bonchev–Trinajstić information content (AvgIpc) is 2.65. The van der Waals surface area contributed by atoms with E-state index in [1.54, 1.807) is 30.3 Å². The molecule has 0 heterocycles. The predicted molar refractivity (Wildman–Crippen MR) is 97.4 cm³/mol. The fourth-order valence-electron chi connectivity index (χ4n) is 2.53. The summed E-state index contributed by atoms with van der Waals surface area (Å²) < 4.78 is 4.77. The van der Waals surface area contributed by atoms with Crippen molar-refractivity contribution in [2.24, 2.45) is 5.92 Å². The first-order valence-corrected chi connectivity index (χ1v) is 8.08. The largest absolute Gasteiger partial charge is 0.465 e. The molecule has 136 valence electrons. The van der Waals surface area contributed by atoms with Crippen LogP contribution in [0.5, 0.6) is 0 Å². The van der Waals surface area contributed by atoms with Crippen LogP contribution in [-0.2, 0) is 4.74 Å². The van der Waals surface area contributed by atoms with Crippen LogP contribution in [0.3, 0.4) is 0 Å². The van der Waals surface area contributed by atoms with Gasteiger partial charge in [-0.1, -0.05) is 32.0 Å². The van der Waals surface area contributed by atoms with Gasteiger partial charge in [0.05, 0.1) is 23.3 Å². The van der Waals surface area contributed by atoms with E-state index in [0.717, 1.165) is 0 Å². The Morgan fingerprint density at radius 3 is 2.35 bits per heavy atom. The molecule has 0 bridgehead atoms. The van der Waals surface area contributed by atoms with Crippen LogP contribution in [0.1, 0.15) is 34.6 Å². The van der Waals surface area contributed by atoms with Gasteiger partial charge in [0.25, 0.3) is 11.6 Å². The Kier molecular flexibility index (Phi) is 6.06. The van der Waals surface area contributed by atoms with Crippen LogP contribution in [-0.4, -0.2) is 30.5 Å². The van der Waals surface area contributed by atoms with Gasteiger partial charge in [0, 0.05) is 24.2 Å². The van der Waals surface area contributed by atoms with Gasteiger partial charge in [-0.25, -0.2) is 4.79 Å². The molecule has 26 heavy (non-hydrogen) atoms. The Morgan fingerprint density at radius 2 is 1.81 bits per heavy atom. The maximum Gasteiger partial charge on any atom is 0.339 e. The molecule has 0 unspecified atom stereocenters. The van der Waals surface area contributed by atoms with E-state index < -0.39 is 10.9 Å². The van der Waals surface area contributed by atoms with E-state index in [2.05, 4.69) is 0 Å². The number of carbonyl (C=O) groups is 2. The summed E-state index contributed by atoms with van der Waals surface area (Å²) in [6, 6.07) is 12.3. The van der Waals surface area contributed by atoms with E-state index in [9.17, 15) is 19.7 Å². The van der Waals surface area contributed by atoms with Gasteiger partial charge < -0.3 is 9.64 Å². The highest BCUT2D eigenvalue weighted by atomic mass is 16.6. The number of hydrogen-bond acceptors (Lipinski definition) is 5. The molecular weight excluding hydrogens is 336 g/mol. The number of esters is 1. The van der Waals surface area contributed by atoms with Gasteiger partial charge in [-0.15, -0.1) is 0 Å². The molecule has 0 aromatic heterocycles. The number of hydrogen-bond donors (Lipinski definition) is 0. The molecule has 2 aromatic carbocycles. The molecule has 0 fully saturated rings. The van der Waals surface area contributed by atoms with Crippen LogP contribution < -0.4 is 4.90 Å². The number of nitro benzene ring substituents is 1. The summed E-state index contributed by atoms with van der Waals surface area (Å²) in [4.78, 5) is 37.2. The number of ether oxygens (including phenoxy) is 1. The summed E-state index contributed by atoms with van der Waals surface area (Å²) in [6.45, 7) is 4.12. The van der Waals surface area contributed by atoms with Crippen molar-refractivity contribution in [3.8, 4) is 0 Å².